The minimum atomic E-state index is -0.507. The van der Waals surface area contributed by atoms with Crippen LogP contribution in [-0.2, 0) is 10.5 Å². The number of nitrogens with one attached hydrogen (secondary N) is 2. The highest BCUT2D eigenvalue weighted by Gasteiger charge is 2.23. The number of carbonyl (C=O) groups excluding carboxylic acids is 2. The van der Waals surface area contributed by atoms with Crippen molar-refractivity contribution in [1.29, 1.82) is 0 Å². The molecule has 0 aliphatic carbocycles. The molecule has 0 bridgehead atoms. The van der Waals surface area contributed by atoms with Gasteiger partial charge in [-0.05, 0) is 29.8 Å². The summed E-state index contributed by atoms with van der Waals surface area (Å²) in [6.45, 7) is 0. The lowest BCUT2D eigenvalue weighted by atomic mass is 10.2. The number of benzene rings is 3. The molecule has 2 N–H and O–H groups in total. The number of anilines is 2. The van der Waals surface area contributed by atoms with Gasteiger partial charge < -0.3 is 24.5 Å². The number of methoxy groups -OCH3 is 2. The Labute approximate surface area is 201 Å². The largest absolute Gasteiger partial charge is 0.497 e. The van der Waals surface area contributed by atoms with E-state index in [9.17, 15) is 9.59 Å². The average Bonchev–Trinajstić information content (AvgIpc) is 3.23. The van der Waals surface area contributed by atoms with Crippen LogP contribution in [0.2, 0.25) is 0 Å². The SMILES string of the molecule is COc1ccc(NC(=O)c2oc3ccccc3c2NC(=O)CSCc2ccccc2)c(OC)c1. The molecule has 0 aliphatic heterocycles. The van der Waals surface area contributed by atoms with Gasteiger partial charge in [-0.15, -0.1) is 11.8 Å². The standard InChI is InChI=1S/C26H24N2O5S/c1-31-18-12-13-20(22(14-18)32-2)27-26(30)25-24(19-10-6-7-11-21(19)33-25)28-23(29)16-34-15-17-8-4-3-5-9-17/h3-14H,15-16H2,1-2H3,(H,27,30)(H,28,29). The van der Waals surface area contributed by atoms with Crippen molar-refractivity contribution in [2.45, 2.75) is 5.75 Å². The maximum atomic E-state index is 13.2. The van der Waals surface area contributed by atoms with Crippen LogP contribution in [0, 0.1) is 0 Å². The Hall–Kier alpha value is -3.91. The van der Waals surface area contributed by atoms with E-state index < -0.39 is 5.91 Å². The van der Waals surface area contributed by atoms with Crippen LogP contribution in [0.25, 0.3) is 11.0 Å². The Morgan fingerprint density at radius 2 is 1.68 bits per heavy atom. The van der Waals surface area contributed by atoms with E-state index in [-0.39, 0.29) is 17.4 Å². The molecule has 4 aromatic rings. The van der Waals surface area contributed by atoms with Gasteiger partial charge in [-0.2, -0.15) is 0 Å². The van der Waals surface area contributed by atoms with Gasteiger partial charge in [0.05, 0.1) is 25.7 Å². The molecule has 1 aromatic heterocycles. The van der Waals surface area contributed by atoms with Crippen LogP contribution in [0.3, 0.4) is 0 Å². The van der Waals surface area contributed by atoms with E-state index in [1.54, 1.807) is 43.5 Å². The average molecular weight is 477 g/mol. The van der Waals surface area contributed by atoms with Crippen LogP contribution in [0.15, 0.2) is 77.2 Å². The maximum absolute atomic E-state index is 13.2. The van der Waals surface area contributed by atoms with Crippen LogP contribution in [0.4, 0.5) is 11.4 Å². The van der Waals surface area contributed by atoms with Crippen molar-refractivity contribution < 1.29 is 23.5 Å². The zero-order chi connectivity index (χ0) is 23.9. The first-order valence-corrected chi connectivity index (χ1v) is 11.7. The first-order valence-electron chi connectivity index (χ1n) is 10.6. The van der Waals surface area contributed by atoms with Gasteiger partial charge in [0, 0.05) is 17.2 Å². The monoisotopic (exact) mass is 476 g/mol. The van der Waals surface area contributed by atoms with Crippen LogP contribution in [-0.4, -0.2) is 31.8 Å². The molecule has 0 saturated carbocycles. The Morgan fingerprint density at radius 1 is 0.912 bits per heavy atom. The molecule has 7 nitrogen and oxygen atoms in total. The molecule has 34 heavy (non-hydrogen) atoms. The number of hydrogen-bond donors (Lipinski definition) is 2. The minimum Gasteiger partial charge on any atom is -0.497 e. The highest BCUT2D eigenvalue weighted by Crippen LogP contribution is 2.34. The number of carbonyl (C=O) groups is 2. The summed E-state index contributed by atoms with van der Waals surface area (Å²) >= 11 is 1.50. The van der Waals surface area contributed by atoms with Crippen molar-refractivity contribution in [3.63, 3.8) is 0 Å². The van der Waals surface area contributed by atoms with Crippen molar-refractivity contribution in [3.05, 3.63) is 84.1 Å². The third-order valence-corrected chi connectivity index (χ3v) is 6.07. The molecule has 1 heterocycles. The van der Waals surface area contributed by atoms with Crippen molar-refractivity contribution >= 4 is 45.9 Å². The molecule has 0 unspecified atom stereocenters. The van der Waals surface area contributed by atoms with Gasteiger partial charge in [0.1, 0.15) is 22.8 Å². The lowest BCUT2D eigenvalue weighted by molar-refractivity contribution is -0.113. The topological polar surface area (TPSA) is 89.8 Å². The van der Waals surface area contributed by atoms with E-state index >= 15 is 0 Å². The molecule has 8 heteroatoms. The number of thioether (sulfide) groups is 1. The molecule has 0 radical (unpaired) electrons. The summed E-state index contributed by atoms with van der Waals surface area (Å²) in [7, 11) is 3.05. The van der Waals surface area contributed by atoms with Crippen molar-refractivity contribution in [2.24, 2.45) is 0 Å². The van der Waals surface area contributed by atoms with Crippen molar-refractivity contribution in [1.82, 2.24) is 0 Å². The molecular formula is C26H24N2O5S. The second-order valence-electron chi connectivity index (χ2n) is 7.35. The summed E-state index contributed by atoms with van der Waals surface area (Å²) in [5, 5.41) is 6.32. The van der Waals surface area contributed by atoms with Crippen LogP contribution >= 0.6 is 11.8 Å². The normalized spacial score (nSPS) is 10.6. The third kappa shape index (κ3) is 5.35. The zero-order valence-electron chi connectivity index (χ0n) is 18.8. The summed E-state index contributed by atoms with van der Waals surface area (Å²) in [4.78, 5) is 25.9. The smallest absolute Gasteiger partial charge is 0.293 e. The fourth-order valence-corrected chi connectivity index (χ4v) is 4.21. The van der Waals surface area contributed by atoms with Gasteiger partial charge in [-0.3, -0.25) is 9.59 Å². The van der Waals surface area contributed by atoms with E-state index in [0.717, 1.165) is 5.56 Å². The Kier molecular flexibility index (Phi) is 7.39. The highest BCUT2D eigenvalue weighted by atomic mass is 32.2. The number of fused-ring (bicyclic) bond motifs is 1. The molecule has 2 amide bonds. The molecule has 0 atom stereocenters. The van der Waals surface area contributed by atoms with Gasteiger partial charge in [-0.1, -0.05) is 42.5 Å². The first kappa shape index (κ1) is 23.3. The molecule has 0 saturated heterocycles. The second kappa shape index (κ2) is 10.8. The highest BCUT2D eigenvalue weighted by molar-refractivity contribution is 7.99. The molecule has 4 rings (SSSR count). The summed E-state index contributed by atoms with van der Waals surface area (Å²) < 4.78 is 16.4. The zero-order valence-corrected chi connectivity index (χ0v) is 19.6. The molecule has 0 aliphatic rings. The molecule has 3 aromatic carbocycles. The van der Waals surface area contributed by atoms with Crippen molar-refractivity contribution in [3.8, 4) is 11.5 Å². The molecule has 0 fully saturated rings. The third-order valence-electron chi connectivity index (χ3n) is 5.07. The summed E-state index contributed by atoms with van der Waals surface area (Å²) in [5.74, 6) is 1.27. The van der Waals surface area contributed by atoms with Crippen LogP contribution in [0.5, 0.6) is 11.5 Å². The van der Waals surface area contributed by atoms with Crippen LogP contribution < -0.4 is 20.1 Å². The number of ether oxygens (including phenoxy) is 2. The number of rotatable bonds is 9. The van der Waals surface area contributed by atoms with E-state index in [2.05, 4.69) is 10.6 Å². The maximum Gasteiger partial charge on any atom is 0.293 e. The molecule has 0 spiro atoms. The minimum absolute atomic E-state index is 0.0143. The van der Waals surface area contributed by atoms with Gasteiger partial charge in [-0.25, -0.2) is 0 Å². The number of hydrogen-bond acceptors (Lipinski definition) is 6. The quantitative estimate of drug-likeness (QED) is 0.328. The Bertz CT molecular complexity index is 1300. The predicted molar refractivity (Wildman–Crippen MR) is 135 cm³/mol. The lowest BCUT2D eigenvalue weighted by Crippen LogP contribution is -2.18. The van der Waals surface area contributed by atoms with E-state index in [4.69, 9.17) is 13.9 Å². The summed E-state index contributed by atoms with van der Waals surface area (Å²) in [6, 6.07) is 22.2. The Morgan fingerprint density at radius 3 is 2.44 bits per heavy atom. The number of amides is 2. The summed E-state index contributed by atoms with van der Waals surface area (Å²) in [5.41, 5.74) is 2.43. The number of furan rings is 1. The first-order chi connectivity index (χ1) is 16.6. The van der Waals surface area contributed by atoms with Gasteiger partial charge in [0.2, 0.25) is 11.7 Å². The van der Waals surface area contributed by atoms with Crippen molar-refractivity contribution in [2.75, 3.05) is 30.6 Å². The fourth-order valence-electron chi connectivity index (χ4n) is 3.42. The van der Waals surface area contributed by atoms with Gasteiger partial charge in [0.25, 0.3) is 5.91 Å². The number of para-hydroxylation sites is 1. The molecular weight excluding hydrogens is 452 g/mol. The van der Waals surface area contributed by atoms with Gasteiger partial charge >= 0.3 is 0 Å². The van der Waals surface area contributed by atoms with E-state index in [0.29, 0.717) is 39.6 Å². The van der Waals surface area contributed by atoms with E-state index in [1.165, 1.54) is 18.9 Å². The fraction of sp³-hybridized carbons (Fsp3) is 0.154. The Balaban J connectivity index is 1.53. The summed E-state index contributed by atoms with van der Waals surface area (Å²) in [6.07, 6.45) is 0. The second-order valence-corrected chi connectivity index (χ2v) is 8.33. The van der Waals surface area contributed by atoms with E-state index in [1.807, 2.05) is 36.4 Å². The lowest BCUT2D eigenvalue weighted by Gasteiger charge is -2.11. The molecule has 174 valence electrons. The van der Waals surface area contributed by atoms with Gasteiger partial charge in [0.15, 0.2) is 0 Å². The van der Waals surface area contributed by atoms with Crippen LogP contribution in [0.1, 0.15) is 16.1 Å². The predicted octanol–water partition coefficient (Wildman–Crippen LogP) is 5.57.